The van der Waals surface area contributed by atoms with E-state index in [1.54, 1.807) is 12.1 Å². The van der Waals surface area contributed by atoms with Crippen LogP contribution in [0.15, 0.2) is 36.4 Å². The summed E-state index contributed by atoms with van der Waals surface area (Å²) in [6.45, 7) is 4.20. The average molecular weight is 349 g/mol. The molecule has 0 radical (unpaired) electrons. The number of nitrogens with one attached hydrogen (secondary N) is 2. The highest BCUT2D eigenvalue weighted by molar-refractivity contribution is 6.18. The number of aliphatic hydroxyl groups is 1. The van der Waals surface area contributed by atoms with Gasteiger partial charge in [0.25, 0.3) is 0 Å². The SMILES string of the molecule is Cc1cc(C)cc(Nc2c(NCC(O)CCl)cccc2C(=O)O)c1. The number of carbonyl (C=O) groups is 1. The van der Waals surface area contributed by atoms with E-state index in [0.717, 1.165) is 16.8 Å². The largest absolute Gasteiger partial charge is 0.478 e. The molecule has 2 aromatic rings. The van der Waals surface area contributed by atoms with Crippen molar-refractivity contribution in [2.75, 3.05) is 23.1 Å². The van der Waals surface area contributed by atoms with Crippen molar-refractivity contribution in [3.63, 3.8) is 0 Å². The summed E-state index contributed by atoms with van der Waals surface area (Å²) in [6, 6.07) is 10.9. The number of para-hydroxylation sites is 1. The molecule has 5 nitrogen and oxygen atoms in total. The highest BCUT2D eigenvalue weighted by Gasteiger charge is 2.15. The molecule has 1 atom stereocenters. The molecule has 0 aliphatic rings. The normalized spacial score (nSPS) is 11.8. The molecule has 2 aromatic carbocycles. The third kappa shape index (κ3) is 4.63. The number of carboxylic acids is 1. The van der Waals surface area contributed by atoms with Gasteiger partial charge in [0.1, 0.15) is 0 Å². The number of halogens is 1. The first-order chi connectivity index (χ1) is 11.4. The second kappa shape index (κ2) is 8.04. The van der Waals surface area contributed by atoms with Gasteiger partial charge in [-0.15, -0.1) is 11.6 Å². The number of aliphatic hydroxyl groups excluding tert-OH is 1. The van der Waals surface area contributed by atoms with Crippen LogP contribution < -0.4 is 10.6 Å². The van der Waals surface area contributed by atoms with Crippen LogP contribution in [-0.4, -0.2) is 34.7 Å². The van der Waals surface area contributed by atoms with E-state index in [4.69, 9.17) is 11.6 Å². The molecule has 24 heavy (non-hydrogen) atoms. The molecule has 0 aliphatic carbocycles. The summed E-state index contributed by atoms with van der Waals surface area (Å²) in [5, 5.41) is 25.3. The number of carboxylic acid groups (broad SMARTS) is 1. The predicted octanol–water partition coefficient (Wildman–Crippen LogP) is 3.76. The Kier molecular flexibility index (Phi) is 6.06. The standard InChI is InChI=1S/C18H21ClN2O3/c1-11-6-12(2)8-13(7-11)21-17-15(18(23)24)4-3-5-16(17)20-10-14(22)9-19/h3-8,14,20-22H,9-10H2,1-2H3,(H,23,24). The molecule has 0 heterocycles. The van der Waals surface area contributed by atoms with Crippen molar-refractivity contribution in [3.05, 3.63) is 53.1 Å². The van der Waals surface area contributed by atoms with Gasteiger partial charge in [-0.25, -0.2) is 4.79 Å². The summed E-state index contributed by atoms with van der Waals surface area (Å²) in [4.78, 5) is 11.6. The van der Waals surface area contributed by atoms with Crippen molar-refractivity contribution in [3.8, 4) is 0 Å². The Labute approximate surface area is 146 Å². The minimum Gasteiger partial charge on any atom is -0.478 e. The molecule has 6 heteroatoms. The van der Waals surface area contributed by atoms with E-state index in [1.165, 1.54) is 6.07 Å². The van der Waals surface area contributed by atoms with Gasteiger partial charge in [0, 0.05) is 12.2 Å². The highest BCUT2D eigenvalue weighted by Crippen LogP contribution is 2.30. The molecule has 4 N–H and O–H groups in total. The molecular weight excluding hydrogens is 328 g/mol. The average Bonchev–Trinajstić information content (AvgIpc) is 2.52. The molecular formula is C18H21ClN2O3. The van der Waals surface area contributed by atoms with Crippen LogP contribution in [0.25, 0.3) is 0 Å². The molecule has 128 valence electrons. The van der Waals surface area contributed by atoms with E-state index in [0.29, 0.717) is 11.4 Å². The van der Waals surface area contributed by atoms with Crippen LogP contribution in [0.3, 0.4) is 0 Å². The van der Waals surface area contributed by atoms with E-state index in [9.17, 15) is 15.0 Å². The van der Waals surface area contributed by atoms with Gasteiger partial charge in [-0.05, 0) is 49.2 Å². The van der Waals surface area contributed by atoms with Gasteiger partial charge < -0.3 is 20.8 Å². The van der Waals surface area contributed by atoms with Gasteiger partial charge >= 0.3 is 5.97 Å². The first-order valence-corrected chi connectivity index (χ1v) is 8.13. The maximum atomic E-state index is 11.6. The first-order valence-electron chi connectivity index (χ1n) is 7.60. The quantitative estimate of drug-likeness (QED) is 0.573. The lowest BCUT2D eigenvalue weighted by molar-refractivity contribution is 0.0698. The van der Waals surface area contributed by atoms with E-state index >= 15 is 0 Å². The molecule has 2 rings (SSSR count). The van der Waals surface area contributed by atoms with E-state index in [1.807, 2.05) is 32.0 Å². The molecule has 0 aliphatic heterocycles. The molecule has 0 fully saturated rings. The lowest BCUT2D eigenvalue weighted by Gasteiger charge is -2.18. The second-order valence-electron chi connectivity index (χ2n) is 5.72. The highest BCUT2D eigenvalue weighted by atomic mass is 35.5. The Morgan fingerprint density at radius 1 is 1.21 bits per heavy atom. The smallest absolute Gasteiger partial charge is 0.337 e. The van der Waals surface area contributed by atoms with Gasteiger partial charge in [-0.1, -0.05) is 12.1 Å². The number of aromatic carboxylic acids is 1. The molecule has 0 saturated carbocycles. The number of anilines is 3. The third-order valence-corrected chi connectivity index (χ3v) is 3.85. The van der Waals surface area contributed by atoms with Crippen molar-refractivity contribution in [2.24, 2.45) is 0 Å². The van der Waals surface area contributed by atoms with Gasteiger partial charge in [-0.2, -0.15) is 0 Å². The number of aryl methyl sites for hydroxylation is 2. The summed E-state index contributed by atoms with van der Waals surface area (Å²) in [5.74, 6) is -0.922. The Hall–Kier alpha value is -2.24. The van der Waals surface area contributed by atoms with Crippen molar-refractivity contribution >= 4 is 34.6 Å². The summed E-state index contributed by atoms with van der Waals surface area (Å²) >= 11 is 5.60. The van der Waals surface area contributed by atoms with Crippen LogP contribution in [0.1, 0.15) is 21.5 Å². The number of hydrogen-bond acceptors (Lipinski definition) is 4. The van der Waals surface area contributed by atoms with Crippen LogP contribution in [0.4, 0.5) is 17.1 Å². The fourth-order valence-corrected chi connectivity index (χ4v) is 2.60. The van der Waals surface area contributed by atoms with E-state index in [2.05, 4.69) is 10.6 Å². The monoisotopic (exact) mass is 348 g/mol. The summed E-state index contributed by atoms with van der Waals surface area (Å²) in [7, 11) is 0. The van der Waals surface area contributed by atoms with Crippen LogP contribution in [-0.2, 0) is 0 Å². The number of hydrogen-bond donors (Lipinski definition) is 4. The number of alkyl halides is 1. The molecule has 1 unspecified atom stereocenters. The summed E-state index contributed by atoms with van der Waals surface area (Å²) in [6.07, 6.45) is -0.714. The van der Waals surface area contributed by atoms with Crippen LogP contribution in [0, 0.1) is 13.8 Å². The maximum absolute atomic E-state index is 11.6. The van der Waals surface area contributed by atoms with Gasteiger partial charge in [0.15, 0.2) is 0 Å². The zero-order chi connectivity index (χ0) is 17.7. The number of benzene rings is 2. The fraction of sp³-hybridized carbons (Fsp3) is 0.278. The predicted molar refractivity (Wildman–Crippen MR) is 97.8 cm³/mol. The zero-order valence-electron chi connectivity index (χ0n) is 13.6. The van der Waals surface area contributed by atoms with Crippen LogP contribution in [0.2, 0.25) is 0 Å². The summed E-state index contributed by atoms with van der Waals surface area (Å²) in [5.41, 5.74) is 4.17. The summed E-state index contributed by atoms with van der Waals surface area (Å²) < 4.78 is 0. The fourth-order valence-electron chi connectivity index (χ4n) is 2.49. The molecule has 0 spiro atoms. The van der Waals surface area contributed by atoms with Crippen LogP contribution in [0.5, 0.6) is 0 Å². The van der Waals surface area contributed by atoms with Crippen molar-refractivity contribution in [1.29, 1.82) is 0 Å². The van der Waals surface area contributed by atoms with E-state index < -0.39 is 12.1 Å². The van der Waals surface area contributed by atoms with Gasteiger partial charge in [0.05, 0.1) is 28.9 Å². The molecule has 0 aromatic heterocycles. The van der Waals surface area contributed by atoms with Gasteiger partial charge in [-0.3, -0.25) is 0 Å². The Bertz CT molecular complexity index is 714. The van der Waals surface area contributed by atoms with Crippen LogP contribution >= 0.6 is 11.6 Å². The lowest BCUT2D eigenvalue weighted by atomic mass is 10.1. The Morgan fingerprint density at radius 2 is 1.88 bits per heavy atom. The van der Waals surface area contributed by atoms with Crippen molar-refractivity contribution in [1.82, 2.24) is 0 Å². The molecule has 0 saturated heterocycles. The topological polar surface area (TPSA) is 81.6 Å². The van der Waals surface area contributed by atoms with Gasteiger partial charge in [0.2, 0.25) is 0 Å². The maximum Gasteiger partial charge on any atom is 0.337 e. The molecule has 0 bridgehead atoms. The third-order valence-electron chi connectivity index (χ3n) is 3.49. The second-order valence-corrected chi connectivity index (χ2v) is 6.03. The Morgan fingerprint density at radius 3 is 2.46 bits per heavy atom. The minimum absolute atomic E-state index is 0.103. The Balaban J connectivity index is 2.38. The number of rotatable bonds is 7. The zero-order valence-corrected chi connectivity index (χ0v) is 14.4. The lowest BCUT2D eigenvalue weighted by Crippen LogP contribution is -2.21. The minimum atomic E-state index is -1.02. The molecule has 0 amide bonds. The van der Waals surface area contributed by atoms with Crippen molar-refractivity contribution in [2.45, 2.75) is 20.0 Å². The van der Waals surface area contributed by atoms with E-state index in [-0.39, 0.29) is 18.0 Å². The first kappa shape index (κ1) is 18.1. The van der Waals surface area contributed by atoms with Crippen molar-refractivity contribution < 1.29 is 15.0 Å².